The van der Waals surface area contributed by atoms with Crippen molar-refractivity contribution in [3.05, 3.63) is 60.1 Å². The molecule has 168 valence electrons. The van der Waals surface area contributed by atoms with Crippen molar-refractivity contribution in [2.24, 2.45) is 0 Å². The minimum Gasteiger partial charge on any atom is -0.477 e. The van der Waals surface area contributed by atoms with E-state index >= 15 is 0 Å². The van der Waals surface area contributed by atoms with Gasteiger partial charge in [0.1, 0.15) is 0 Å². The quantitative estimate of drug-likeness (QED) is 0.515. The second-order valence-electron chi connectivity index (χ2n) is 8.43. The summed E-state index contributed by atoms with van der Waals surface area (Å²) in [6.07, 6.45) is 9.30. The molecule has 0 fully saturated rings. The van der Waals surface area contributed by atoms with E-state index in [0.29, 0.717) is 18.5 Å². The van der Waals surface area contributed by atoms with Gasteiger partial charge in [-0.15, -0.1) is 0 Å². The number of hydrogen-bond acceptors (Lipinski definition) is 5. The lowest BCUT2D eigenvalue weighted by atomic mass is 10.1. The number of fused-ring (bicyclic) bond motifs is 1. The molecule has 6 nitrogen and oxygen atoms in total. The number of hydrogen-bond donors (Lipinski definition) is 1. The lowest BCUT2D eigenvalue weighted by Gasteiger charge is -2.20. The molecule has 6 heteroatoms. The summed E-state index contributed by atoms with van der Waals surface area (Å²) >= 11 is 0. The van der Waals surface area contributed by atoms with E-state index in [-0.39, 0.29) is 0 Å². The van der Waals surface area contributed by atoms with Crippen LogP contribution in [-0.2, 0) is 6.42 Å². The van der Waals surface area contributed by atoms with E-state index in [1.807, 2.05) is 19.1 Å². The van der Waals surface area contributed by atoms with Gasteiger partial charge >= 0.3 is 0 Å². The molecule has 0 spiro atoms. The van der Waals surface area contributed by atoms with Gasteiger partial charge in [-0.1, -0.05) is 19.1 Å². The van der Waals surface area contributed by atoms with Gasteiger partial charge in [0.15, 0.2) is 0 Å². The van der Waals surface area contributed by atoms with Crippen LogP contribution >= 0.6 is 0 Å². The molecular weight excluding hydrogens is 398 g/mol. The summed E-state index contributed by atoms with van der Waals surface area (Å²) in [6.45, 7) is 10.9. The number of ether oxygens (including phenoxy) is 1. The molecule has 0 saturated heterocycles. The number of anilines is 1. The smallest absolute Gasteiger partial charge is 0.222 e. The molecule has 32 heavy (non-hydrogen) atoms. The topological polar surface area (TPSA) is 55.2 Å². The molecule has 4 heterocycles. The molecular formula is C26H33N5O. The predicted octanol–water partition coefficient (Wildman–Crippen LogP) is 5.44. The number of pyridine rings is 2. The monoisotopic (exact) mass is 431 g/mol. The van der Waals surface area contributed by atoms with Gasteiger partial charge < -0.3 is 19.5 Å². The summed E-state index contributed by atoms with van der Waals surface area (Å²) < 4.78 is 8.20. The number of aromatic nitrogens is 3. The minimum absolute atomic E-state index is 0.341. The Bertz CT molecular complexity index is 1160. The third-order valence-electron chi connectivity index (χ3n) is 5.67. The molecule has 0 atom stereocenters. The first kappa shape index (κ1) is 21.9. The van der Waals surface area contributed by atoms with Crippen molar-refractivity contribution in [1.29, 1.82) is 0 Å². The van der Waals surface area contributed by atoms with E-state index in [1.54, 1.807) is 6.20 Å². The molecule has 0 aliphatic carbocycles. The van der Waals surface area contributed by atoms with Gasteiger partial charge in [-0.2, -0.15) is 0 Å². The van der Waals surface area contributed by atoms with Crippen molar-refractivity contribution in [2.45, 2.75) is 40.2 Å². The van der Waals surface area contributed by atoms with Crippen molar-refractivity contribution < 1.29 is 4.74 Å². The largest absolute Gasteiger partial charge is 0.477 e. The minimum atomic E-state index is 0.341. The Morgan fingerprint density at radius 2 is 2.06 bits per heavy atom. The van der Waals surface area contributed by atoms with Crippen LogP contribution in [0.3, 0.4) is 0 Å². The van der Waals surface area contributed by atoms with Gasteiger partial charge in [0.25, 0.3) is 0 Å². The lowest BCUT2D eigenvalue weighted by molar-refractivity contribution is 0.328. The maximum Gasteiger partial charge on any atom is 0.222 e. The maximum atomic E-state index is 5.80. The van der Waals surface area contributed by atoms with E-state index in [1.165, 1.54) is 11.3 Å². The van der Waals surface area contributed by atoms with Gasteiger partial charge in [0, 0.05) is 44.3 Å². The highest BCUT2D eigenvalue weighted by molar-refractivity contribution is 5.93. The lowest BCUT2D eigenvalue weighted by Crippen LogP contribution is -2.17. The van der Waals surface area contributed by atoms with Crippen molar-refractivity contribution in [3.63, 3.8) is 0 Å². The van der Waals surface area contributed by atoms with E-state index in [0.717, 1.165) is 47.5 Å². The SMILES string of the molecule is CCOc1ncccc1-c1cc(NCC2=CN(C)CC=C2)c2c(cc(CC)n2C(C)C)n1. The van der Waals surface area contributed by atoms with Gasteiger partial charge in [0.2, 0.25) is 5.88 Å². The van der Waals surface area contributed by atoms with Crippen molar-refractivity contribution >= 4 is 16.7 Å². The van der Waals surface area contributed by atoms with Crippen LogP contribution in [0.15, 0.2) is 54.4 Å². The molecule has 0 radical (unpaired) electrons. The third-order valence-corrected chi connectivity index (χ3v) is 5.67. The molecule has 0 unspecified atom stereocenters. The average Bonchev–Trinajstić information content (AvgIpc) is 3.17. The fourth-order valence-electron chi connectivity index (χ4n) is 4.31. The van der Waals surface area contributed by atoms with Crippen LogP contribution in [0, 0.1) is 0 Å². The summed E-state index contributed by atoms with van der Waals surface area (Å²) in [5.74, 6) is 0.617. The molecule has 0 bridgehead atoms. The second kappa shape index (κ2) is 9.47. The highest BCUT2D eigenvalue weighted by atomic mass is 16.5. The standard InChI is InChI=1S/C26H33N5O/c1-6-20-14-24-25(31(20)18(3)4)23(28-16-19-10-9-13-30(5)17-19)15-22(29-24)21-11-8-12-27-26(21)32-7-2/h8-12,14-15,17-18H,6-7,13,16H2,1-5H3,(H,28,29). The summed E-state index contributed by atoms with van der Waals surface area (Å²) in [5.41, 5.74) is 7.53. The Labute approximate surface area is 190 Å². The van der Waals surface area contributed by atoms with Crippen LogP contribution in [-0.4, -0.2) is 46.2 Å². The second-order valence-corrected chi connectivity index (χ2v) is 8.43. The summed E-state index contributed by atoms with van der Waals surface area (Å²) in [5, 5.41) is 3.70. The predicted molar refractivity (Wildman–Crippen MR) is 132 cm³/mol. The van der Waals surface area contributed by atoms with Crippen LogP contribution in [0.1, 0.15) is 39.4 Å². The van der Waals surface area contributed by atoms with Crippen LogP contribution in [0.5, 0.6) is 5.88 Å². The molecule has 1 aliphatic heterocycles. The Kier molecular flexibility index (Phi) is 6.49. The van der Waals surface area contributed by atoms with Gasteiger partial charge in [0.05, 0.1) is 34.6 Å². The molecule has 0 aromatic carbocycles. The van der Waals surface area contributed by atoms with Crippen LogP contribution < -0.4 is 10.1 Å². The Hall–Kier alpha value is -3.28. The van der Waals surface area contributed by atoms with Crippen molar-refractivity contribution in [2.75, 3.05) is 32.1 Å². The first-order valence-corrected chi connectivity index (χ1v) is 11.5. The molecule has 1 N–H and O–H groups in total. The van der Waals surface area contributed by atoms with Crippen LogP contribution in [0.25, 0.3) is 22.3 Å². The van der Waals surface area contributed by atoms with Gasteiger partial charge in [-0.05, 0) is 57.0 Å². The first-order valence-electron chi connectivity index (χ1n) is 11.5. The molecule has 0 saturated carbocycles. The van der Waals surface area contributed by atoms with Crippen molar-refractivity contribution in [1.82, 2.24) is 19.4 Å². The van der Waals surface area contributed by atoms with E-state index in [9.17, 15) is 0 Å². The van der Waals surface area contributed by atoms with Gasteiger partial charge in [-0.25, -0.2) is 9.97 Å². The number of rotatable bonds is 8. The Morgan fingerprint density at radius 1 is 1.22 bits per heavy atom. The van der Waals surface area contributed by atoms with E-state index < -0.39 is 0 Å². The first-order chi connectivity index (χ1) is 15.5. The van der Waals surface area contributed by atoms with E-state index in [4.69, 9.17) is 9.72 Å². The average molecular weight is 432 g/mol. The number of nitrogens with zero attached hydrogens (tertiary/aromatic N) is 4. The third kappa shape index (κ3) is 4.35. The van der Waals surface area contributed by atoms with Gasteiger partial charge in [-0.3, -0.25) is 0 Å². The fourth-order valence-corrected chi connectivity index (χ4v) is 4.31. The normalized spacial score (nSPS) is 13.7. The van der Waals surface area contributed by atoms with Crippen molar-refractivity contribution in [3.8, 4) is 17.1 Å². The molecule has 1 aliphatic rings. The maximum absolute atomic E-state index is 5.80. The highest BCUT2D eigenvalue weighted by Gasteiger charge is 2.19. The fraction of sp³-hybridized carbons (Fsp3) is 0.385. The number of nitrogens with one attached hydrogen (secondary N) is 1. The molecule has 3 aromatic rings. The Morgan fingerprint density at radius 3 is 2.78 bits per heavy atom. The Balaban J connectivity index is 1.85. The summed E-state index contributed by atoms with van der Waals surface area (Å²) in [6, 6.07) is 8.65. The zero-order valence-electron chi connectivity index (χ0n) is 19.7. The molecule has 3 aromatic heterocycles. The number of aryl methyl sites for hydroxylation is 1. The highest BCUT2D eigenvalue weighted by Crippen LogP contribution is 2.35. The van der Waals surface area contributed by atoms with Crippen LogP contribution in [0.4, 0.5) is 5.69 Å². The van der Waals surface area contributed by atoms with Crippen LogP contribution in [0.2, 0.25) is 0 Å². The summed E-state index contributed by atoms with van der Waals surface area (Å²) in [4.78, 5) is 11.7. The number of likely N-dealkylation sites (N-methyl/N-ethyl adjacent to an activating group) is 1. The zero-order chi connectivity index (χ0) is 22.7. The molecule has 0 amide bonds. The summed E-state index contributed by atoms with van der Waals surface area (Å²) in [7, 11) is 2.10. The van der Waals surface area contributed by atoms with E-state index in [2.05, 4.69) is 78.1 Å². The zero-order valence-corrected chi connectivity index (χ0v) is 19.7. The molecule has 4 rings (SSSR count).